The van der Waals surface area contributed by atoms with Gasteiger partial charge >= 0.3 is 5.97 Å². The normalized spacial score (nSPS) is 18.0. The summed E-state index contributed by atoms with van der Waals surface area (Å²) in [5, 5.41) is 9.23. The van der Waals surface area contributed by atoms with Crippen molar-refractivity contribution in [3.8, 4) is 6.07 Å². The lowest BCUT2D eigenvalue weighted by Crippen LogP contribution is -2.30. The summed E-state index contributed by atoms with van der Waals surface area (Å²) in [7, 11) is 0. The molecular formula is C21H17FN2O3S. The zero-order chi connectivity index (χ0) is 20.1. The summed E-state index contributed by atoms with van der Waals surface area (Å²) in [4.78, 5) is 26.7. The molecule has 1 saturated heterocycles. The fourth-order valence-electron chi connectivity index (χ4n) is 2.83. The Morgan fingerprint density at radius 3 is 2.50 bits per heavy atom. The lowest BCUT2D eigenvalue weighted by Gasteiger charge is -2.18. The minimum atomic E-state index is -0.784. The lowest BCUT2D eigenvalue weighted by atomic mass is 10.1. The van der Waals surface area contributed by atoms with Gasteiger partial charge < -0.3 is 4.74 Å². The summed E-state index contributed by atoms with van der Waals surface area (Å²) >= 11 is 1.15. The maximum Gasteiger partial charge on any atom is 0.351 e. The van der Waals surface area contributed by atoms with Crippen LogP contribution in [0.2, 0.25) is 0 Å². The SMILES string of the molecule is CCOC(=O)/C(C#N)=C1\S[C@H](Cc2ccccc2)C(=O)N1c1ccc(F)cc1. The first-order valence-electron chi connectivity index (χ1n) is 8.66. The van der Waals surface area contributed by atoms with E-state index in [1.807, 2.05) is 36.4 Å². The van der Waals surface area contributed by atoms with Gasteiger partial charge in [-0.3, -0.25) is 9.69 Å². The second-order valence-corrected chi connectivity index (χ2v) is 7.15. The number of esters is 1. The van der Waals surface area contributed by atoms with Gasteiger partial charge in [0.1, 0.15) is 16.9 Å². The fraction of sp³-hybridized carbons (Fsp3) is 0.190. The molecule has 0 unspecified atom stereocenters. The predicted molar refractivity (Wildman–Crippen MR) is 105 cm³/mol. The van der Waals surface area contributed by atoms with Crippen molar-refractivity contribution in [1.82, 2.24) is 0 Å². The zero-order valence-corrected chi connectivity index (χ0v) is 15.9. The van der Waals surface area contributed by atoms with Crippen LogP contribution in [0.25, 0.3) is 0 Å². The van der Waals surface area contributed by atoms with Crippen LogP contribution >= 0.6 is 11.8 Å². The Kier molecular flexibility index (Phi) is 6.12. The molecule has 0 radical (unpaired) electrons. The molecule has 0 N–H and O–H groups in total. The maximum absolute atomic E-state index is 13.3. The van der Waals surface area contributed by atoms with Gasteiger partial charge in [-0.05, 0) is 43.2 Å². The largest absolute Gasteiger partial charge is 0.462 e. The van der Waals surface area contributed by atoms with E-state index in [4.69, 9.17) is 4.74 Å². The molecule has 0 aromatic heterocycles. The van der Waals surface area contributed by atoms with Crippen molar-refractivity contribution in [3.63, 3.8) is 0 Å². The number of halogens is 1. The predicted octanol–water partition coefficient (Wildman–Crippen LogP) is 3.82. The molecule has 142 valence electrons. The zero-order valence-electron chi connectivity index (χ0n) is 15.1. The number of rotatable bonds is 5. The first-order chi connectivity index (χ1) is 13.5. The van der Waals surface area contributed by atoms with Crippen LogP contribution < -0.4 is 4.90 Å². The molecule has 1 aliphatic rings. The summed E-state index contributed by atoms with van der Waals surface area (Å²) in [5.41, 5.74) is 1.12. The van der Waals surface area contributed by atoms with Crippen molar-refractivity contribution >= 4 is 29.3 Å². The second kappa shape index (κ2) is 8.72. The lowest BCUT2D eigenvalue weighted by molar-refractivity contribution is -0.138. The molecule has 28 heavy (non-hydrogen) atoms. The van der Waals surface area contributed by atoms with Gasteiger partial charge in [0.15, 0.2) is 5.57 Å². The molecular weight excluding hydrogens is 379 g/mol. The van der Waals surface area contributed by atoms with Crippen molar-refractivity contribution in [1.29, 1.82) is 5.26 Å². The summed E-state index contributed by atoms with van der Waals surface area (Å²) < 4.78 is 18.3. The van der Waals surface area contributed by atoms with E-state index in [-0.39, 0.29) is 23.1 Å². The fourth-order valence-corrected chi connectivity index (χ4v) is 4.13. The highest BCUT2D eigenvalue weighted by Gasteiger charge is 2.41. The van der Waals surface area contributed by atoms with E-state index >= 15 is 0 Å². The molecule has 0 aliphatic carbocycles. The van der Waals surface area contributed by atoms with Crippen LogP contribution in [0.15, 0.2) is 65.2 Å². The number of nitrogens with zero attached hydrogens (tertiary/aromatic N) is 2. The molecule has 2 aromatic carbocycles. The summed E-state index contributed by atoms with van der Waals surface area (Å²) in [6.45, 7) is 1.75. The molecule has 1 amide bonds. The van der Waals surface area contributed by atoms with Crippen molar-refractivity contribution in [2.45, 2.75) is 18.6 Å². The number of ether oxygens (including phenoxy) is 1. The summed E-state index contributed by atoms with van der Waals surface area (Å²) in [6.07, 6.45) is 0.438. The van der Waals surface area contributed by atoms with Crippen molar-refractivity contribution < 1.29 is 18.7 Å². The van der Waals surface area contributed by atoms with Gasteiger partial charge in [-0.25, -0.2) is 9.18 Å². The van der Waals surface area contributed by atoms with Crippen LogP contribution in [0, 0.1) is 17.1 Å². The van der Waals surface area contributed by atoms with Gasteiger partial charge in [-0.15, -0.1) is 0 Å². The number of anilines is 1. The summed E-state index contributed by atoms with van der Waals surface area (Å²) in [5.74, 6) is -1.50. The standard InChI is InChI=1S/C21H17FN2O3S/c1-2-27-21(26)17(13-23)20-24(16-10-8-15(22)9-11-16)19(25)18(28-20)12-14-6-4-3-5-7-14/h3-11,18H,2,12H2,1H3/b20-17-/t18-/m1/s1. The van der Waals surface area contributed by atoms with Gasteiger partial charge in [0, 0.05) is 5.69 Å². The number of hydrogen-bond acceptors (Lipinski definition) is 5. The van der Waals surface area contributed by atoms with Crippen LogP contribution in [0.1, 0.15) is 12.5 Å². The number of thioether (sulfide) groups is 1. The van der Waals surface area contributed by atoms with Crippen LogP contribution in [-0.2, 0) is 20.7 Å². The number of hydrogen-bond donors (Lipinski definition) is 0. The highest BCUT2D eigenvalue weighted by atomic mass is 32.2. The van der Waals surface area contributed by atoms with E-state index in [1.165, 1.54) is 29.2 Å². The third-order valence-corrected chi connectivity index (χ3v) is 5.37. The van der Waals surface area contributed by atoms with Crippen LogP contribution in [0.3, 0.4) is 0 Å². The Bertz CT molecular complexity index is 952. The number of carbonyl (C=O) groups excluding carboxylic acids is 2. The van der Waals surface area contributed by atoms with Gasteiger partial charge in [0.2, 0.25) is 5.91 Å². The second-order valence-electron chi connectivity index (χ2n) is 5.96. The molecule has 5 nitrogen and oxygen atoms in total. The van der Waals surface area contributed by atoms with E-state index in [2.05, 4.69) is 0 Å². The highest BCUT2D eigenvalue weighted by molar-refractivity contribution is 8.05. The van der Waals surface area contributed by atoms with Gasteiger partial charge in [-0.1, -0.05) is 42.1 Å². The first-order valence-corrected chi connectivity index (χ1v) is 9.54. The monoisotopic (exact) mass is 396 g/mol. The maximum atomic E-state index is 13.3. The molecule has 2 aromatic rings. The quantitative estimate of drug-likeness (QED) is 0.437. The van der Waals surface area contributed by atoms with Crippen LogP contribution in [0.5, 0.6) is 0 Å². The number of carbonyl (C=O) groups is 2. The van der Waals surface area contributed by atoms with Gasteiger partial charge in [0.25, 0.3) is 0 Å². The highest BCUT2D eigenvalue weighted by Crippen LogP contribution is 2.42. The Hall–Kier alpha value is -3.11. The minimum Gasteiger partial charge on any atom is -0.462 e. The Morgan fingerprint density at radius 2 is 1.89 bits per heavy atom. The Labute approximate surface area is 166 Å². The molecule has 7 heteroatoms. The van der Waals surface area contributed by atoms with Crippen LogP contribution in [0.4, 0.5) is 10.1 Å². The number of nitriles is 1. The Morgan fingerprint density at radius 1 is 1.21 bits per heavy atom. The number of amides is 1. The average Bonchev–Trinajstić information content (AvgIpc) is 3.00. The van der Waals surface area contributed by atoms with E-state index in [1.54, 1.807) is 6.92 Å². The smallest absolute Gasteiger partial charge is 0.351 e. The molecule has 1 fully saturated rings. The molecule has 1 heterocycles. The average molecular weight is 396 g/mol. The molecule has 0 saturated carbocycles. The third-order valence-electron chi connectivity index (χ3n) is 4.11. The topological polar surface area (TPSA) is 70.4 Å². The summed E-state index contributed by atoms with van der Waals surface area (Å²) in [6, 6.07) is 16.7. The van der Waals surface area contributed by atoms with E-state index in [0.717, 1.165) is 17.3 Å². The minimum absolute atomic E-state index is 0.111. The van der Waals surface area contributed by atoms with E-state index in [9.17, 15) is 19.2 Å². The Balaban J connectivity index is 2.03. The van der Waals surface area contributed by atoms with Crippen molar-refractivity contribution in [2.24, 2.45) is 0 Å². The molecule has 0 bridgehead atoms. The van der Waals surface area contributed by atoms with Gasteiger partial charge in [-0.2, -0.15) is 5.26 Å². The number of benzene rings is 2. The van der Waals surface area contributed by atoms with E-state index < -0.39 is 17.0 Å². The van der Waals surface area contributed by atoms with Crippen LogP contribution in [-0.4, -0.2) is 23.7 Å². The van der Waals surface area contributed by atoms with Gasteiger partial charge in [0.05, 0.1) is 11.9 Å². The molecule has 1 aliphatic heterocycles. The van der Waals surface area contributed by atoms with Crippen molar-refractivity contribution in [3.05, 3.63) is 76.6 Å². The molecule has 1 atom stereocenters. The first kappa shape index (κ1) is 19.6. The third kappa shape index (κ3) is 4.07. The van der Waals surface area contributed by atoms with E-state index in [0.29, 0.717) is 12.1 Å². The molecule has 3 rings (SSSR count). The molecule has 0 spiro atoms. The van der Waals surface area contributed by atoms with Crippen molar-refractivity contribution in [2.75, 3.05) is 11.5 Å².